The number of hydrogen-bond donors (Lipinski definition) is 1. The average Bonchev–Trinajstić information content (AvgIpc) is 2.64. The molecule has 1 heterocycles. The summed E-state index contributed by atoms with van der Waals surface area (Å²) < 4.78 is 27.6. The van der Waals surface area contributed by atoms with E-state index in [4.69, 9.17) is 9.56 Å². The third kappa shape index (κ3) is 3.18. The van der Waals surface area contributed by atoms with Gasteiger partial charge in [0.2, 0.25) is 10.0 Å². The van der Waals surface area contributed by atoms with Gasteiger partial charge in [-0.25, -0.2) is 13.6 Å². The van der Waals surface area contributed by atoms with Gasteiger partial charge in [-0.05, 0) is 34.7 Å². The Kier molecular flexibility index (Phi) is 4.03. The minimum Gasteiger partial charge on any atom is -0.443 e. The Morgan fingerprint density at radius 3 is 2.63 bits per heavy atom. The first-order chi connectivity index (χ1) is 8.79. The van der Waals surface area contributed by atoms with Crippen molar-refractivity contribution in [1.29, 1.82) is 0 Å². The minimum atomic E-state index is -3.90. The largest absolute Gasteiger partial charge is 0.443 e. The molecule has 106 valence electrons. The van der Waals surface area contributed by atoms with Gasteiger partial charge in [0.05, 0.1) is 0 Å². The predicted molar refractivity (Wildman–Crippen MR) is 72.1 cm³/mol. The number of furan rings is 1. The van der Waals surface area contributed by atoms with Crippen molar-refractivity contribution in [3.05, 3.63) is 16.5 Å². The van der Waals surface area contributed by atoms with Crippen molar-refractivity contribution in [3.8, 4) is 0 Å². The molecule has 6 nitrogen and oxygen atoms in total. The average molecular weight is 351 g/mol. The Bertz CT molecular complexity index is 592. The lowest BCUT2D eigenvalue weighted by molar-refractivity contribution is 0.0712. The molecule has 0 saturated heterocycles. The van der Waals surface area contributed by atoms with E-state index in [0.29, 0.717) is 12.5 Å². The Hall–Kier alpha value is -0.860. The van der Waals surface area contributed by atoms with Crippen molar-refractivity contribution in [3.63, 3.8) is 0 Å². The van der Waals surface area contributed by atoms with Crippen LogP contribution in [0.15, 0.2) is 20.0 Å². The summed E-state index contributed by atoms with van der Waals surface area (Å²) in [4.78, 5) is 13.4. The second-order valence-electron chi connectivity index (χ2n) is 4.78. The Balaban J connectivity index is 2.15. The topological polar surface area (TPSA) is 93.6 Å². The molecule has 2 rings (SSSR count). The van der Waals surface area contributed by atoms with Crippen LogP contribution >= 0.6 is 15.9 Å². The number of amides is 1. The molecule has 8 heteroatoms. The predicted octanol–water partition coefficient (Wildman–Crippen LogP) is 1.56. The Morgan fingerprint density at radius 2 is 2.21 bits per heavy atom. The van der Waals surface area contributed by atoms with Gasteiger partial charge in [0.1, 0.15) is 4.90 Å². The van der Waals surface area contributed by atoms with Crippen molar-refractivity contribution in [2.24, 2.45) is 11.1 Å². The molecule has 1 fully saturated rings. The van der Waals surface area contributed by atoms with Gasteiger partial charge in [-0.3, -0.25) is 4.79 Å². The molecule has 19 heavy (non-hydrogen) atoms. The first-order valence-electron chi connectivity index (χ1n) is 5.86. The van der Waals surface area contributed by atoms with E-state index >= 15 is 0 Å². The summed E-state index contributed by atoms with van der Waals surface area (Å²) in [6.07, 6.45) is 3.46. The van der Waals surface area contributed by atoms with Gasteiger partial charge in [0, 0.05) is 19.7 Å². The van der Waals surface area contributed by atoms with E-state index in [0.717, 1.165) is 18.9 Å². The van der Waals surface area contributed by atoms with Gasteiger partial charge < -0.3 is 9.32 Å². The molecule has 2 N–H and O–H groups in total. The zero-order valence-corrected chi connectivity index (χ0v) is 12.8. The molecule has 0 atom stereocenters. The highest BCUT2D eigenvalue weighted by Crippen LogP contribution is 2.29. The van der Waals surface area contributed by atoms with Crippen molar-refractivity contribution in [2.45, 2.75) is 24.2 Å². The SMILES string of the molecule is CN(CC1CCC1)C(=O)c1cc(S(N)(=O)=O)c(Br)o1. The van der Waals surface area contributed by atoms with Crippen molar-refractivity contribution < 1.29 is 17.6 Å². The van der Waals surface area contributed by atoms with Crippen LogP contribution < -0.4 is 5.14 Å². The Labute approximate surface area is 120 Å². The molecule has 0 aliphatic heterocycles. The summed E-state index contributed by atoms with van der Waals surface area (Å²) in [5.41, 5.74) is 0. The van der Waals surface area contributed by atoms with Crippen LogP contribution in [0.5, 0.6) is 0 Å². The first kappa shape index (κ1) is 14.5. The standard InChI is InChI=1S/C11H15BrN2O4S/c1-14(6-7-3-2-4-7)11(15)8-5-9(10(12)18-8)19(13,16)17/h5,7H,2-4,6H2,1H3,(H2,13,16,17). The van der Waals surface area contributed by atoms with E-state index < -0.39 is 10.0 Å². The quantitative estimate of drug-likeness (QED) is 0.891. The summed E-state index contributed by atoms with van der Waals surface area (Å²) in [7, 11) is -2.23. The summed E-state index contributed by atoms with van der Waals surface area (Å²) in [6.45, 7) is 0.655. The van der Waals surface area contributed by atoms with Gasteiger partial charge in [-0.15, -0.1) is 0 Å². The lowest BCUT2D eigenvalue weighted by Gasteiger charge is -2.29. The van der Waals surface area contributed by atoms with E-state index in [1.807, 2.05) is 0 Å². The van der Waals surface area contributed by atoms with Crippen LogP contribution in [0, 0.1) is 5.92 Å². The zero-order valence-electron chi connectivity index (χ0n) is 10.4. The van der Waals surface area contributed by atoms with Crippen LogP contribution in [0.1, 0.15) is 29.8 Å². The van der Waals surface area contributed by atoms with Gasteiger partial charge in [0.15, 0.2) is 10.4 Å². The van der Waals surface area contributed by atoms with E-state index in [-0.39, 0.29) is 21.2 Å². The molecule has 0 radical (unpaired) electrons. The smallest absolute Gasteiger partial charge is 0.289 e. The minimum absolute atomic E-state index is 0.0299. The summed E-state index contributed by atoms with van der Waals surface area (Å²) in [5.74, 6) is 0.158. The van der Waals surface area contributed by atoms with Gasteiger partial charge in [0.25, 0.3) is 5.91 Å². The van der Waals surface area contributed by atoms with E-state index in [1.165, 1.54) is 6.42 Å². The number of rotatable bonds is 4. The van der Waals surface area contributed by atoms with E-state index in [9.17, 15) is 13.2 Å². The molecule has 1 aliphatic rings. The Morgan fingerprint density at radius 1 is 1.58 bits per heavy atom. The fourth-order valence-electron chi connectivity index (χ4n) is 1.99. The van der Waals surface area contributed by atoms with Crippen LogP contribution in [0.2, 0.25) is 0 Å². The first-order valence-corrected chi connectivity index (χ1v) is 8.20. The molecule has 0 spiro atoms. The maximum absolute atomic E-state index is 12.1. The number of carbonyl (C=O) groups excluding carboxylic acids is 1. The van der Waals surface area contributed by atoms with Crippen molar-refractivity contribution in [2.75, 3.05) is 13.6 Å². The van der Waals surface area contributed by atoms with Crippen molar-refractivity contribution in [1.82, 2.24) is 4.90 Å². The number of carbonyl (C=O) groups is 1. The second-order valence-corrected chi connectivity index (χ2v) is 7.03. The number of sulfonamides is 1. The molecule has 0 aromatic carbocycles. The molecule has 0 unspecified atom stereocenters. The molecule has 0 bridgehead atoms. The van der Waals surface area contributed by atoms with Crippen molar-refractivity contribution >= 4 is 31.9 Å². The molecular weight excluding hydrogens is 336 g/mol. The highest BCUT2D eigenvalue weighted by Gasteiger charge is 2.26. The fourth-order valence-corrected chi connectivity index (χ4v) is 3.49. The highest BCUT2D eigenvalue weighted by molar-refractivity contribution is 9.10. The van der Waals surface area contributed by atoms with E-state index in [2.05, 4.69) is 15.9 Å². The van der Waals surface area contributed by atoms with Gasteiger partial charge >= 0.3 is 0 Å². The van der Waals surface area contributed by atoms with Crippen LogP contribution in [-0.2, 0) is 10.0 Å². The number of primary sulfonamides is 1. The van der Waals surface area contributed by atoms with Crippen LogP contribution in [-0.4, -0.2) is 32.8 Å². The number of hydrogen-bond acceptors (Lipinski definition) is 4. The maximum atomic E-state index is 12.1. The van der Waals surface area contributed by atoms with Crippen LogP contribution in [0.25, 0.3) is 0 Å². The normalized spacial score (nSPS) is 16.2. The van der Waals surface area contributed by atoms with Gasteiger partial charge in [-0.1, -0.05) is 6.42 Å². The molecule has 1 saturated carbocycles. The molecule has 1 aromatic rings. The zero-order chi connectivity index (χ0) is 14.2. The number of nitrogens with two attached hydrogens (primary N) is 1. The number of nitrogens with zero attached hydrogens (tertiary/aromatic N) is 1. The monoisotopic (exact) mass is 350 g/mol. The summed E-state index contributed by atoms with van der Waals surface area (Å²) in [5, 5.41) is 5.02. The van der Waals surface area contributed by atoms with Gasteiger partial charge in [-0.2, -0.15) is 0 Å². The maximum Gasteiger partial charge on any atom is 0.289 e. The number of halogens is 1. The third-order valence-corrected chi connectivity index (χ3v) is 5.04. The van der Waals surface area contributed by atoms with Crippen LogP contribution in [0.4, 0.5) is 0 Å². The van der Waals surface area contributed by atoms with Crippen LogP contribution in [0.3, 0.4) is 0 Å². The fraction of sp³-hybridized carbons (Fsp3) is 0.545. The summed E-state index contributed by atoms with van der Waals surface area (Å²) in [6, 6.07) is 1.15. The molecule has 1 aliphatic carbocycles. The van der Waals surface area contributed by atoms with E-state index in [1.54, 1.807) is 11.9 Å². The second kappa shape index (κ2) is 5.26. The molecule has 1 aromatic heterocycles. The third-order valence-electron chi connectivity index (χ3n) is 3.28. The lowest BCUT2D eigenvalue weighted by Crippen LogP contribution is -2.34. The summed E-state index contributed by atoms with van der Waals surface area (Å²) >= 11 is 2.95. The highest BCUT2D eigenvalue weighted by atomic mass is 79.9. The molecule has 1 amide bonds. The lowest BCUT2D eigenvalue weighted by atomic mass is 9.85. The molecular formula is C11H15BrN2O4S.